The predicted molar refractivity (Wildman–Crippen MR) is 71.5 cm³/mol. The number of carboxylic acids is 1. The number of benzene rings is 1. The number of nitriles is 1. The van der Waals surface area contributed by atoms with Gasteiger partial charge in [-0.1, -0.05) is 29.4 Å². The van der Waals surface area contributed by atoms with Gasteiger partial charge in [-0.2, -0.15) is 5.26 Å². The highest BCUT2D eigenvalue weighted by molar-refractivity contribution is 7.99. The summed E-state index contributed by atoms with van der Waals surface area (Å²) in [5, 5.41) is 18.3. The summed E-state index contributed by atoms with van der Waals surface area (Å²) in [6.07, 6.45) is 1.42. The highest BCUT2D eigenvalue weighted by Gasteiger charge is 2.10. The molecule has 2 rings (SSSR count). The lowest BCUT2D eigenvalue weighted by Gasteiger charge is -2.05. The molecule has 0 radical (unpaired) electrons. The molecule has 19 heavy (non-hydrogen) atoms. The molecule has 0 atom stereocenters. The van der Waals surface area contributed by atoms with Crippen molar-refractivity contribution in [3.05, 3.63) is 52.8 Å². The first-order valence-electron chi connectivity index (χ1n) is 5.17. The van der Waals surface area contributed by atoms with E-state index in [1.807, 2.05) is 6.07 Å². The number of rotatable bonds is 3. The van der Waals surface area contributed by atoms with Crippen molar-refractivity contribution in [3.8, 4) is 6.07 Å². The molecule has 0 aliphatic carbocycles. The van der Waals surface area contributed by atoms with Crippen molar-refractivity contribution in [1.29, 1.82) is 5.26 Å². The van der Waals surface area contributed by atoms with E-state index in [9.17, 15) is 4.79 Å². The summed E-state index contributed by atoms with van der Waals surface area (Å²) in [5.41, 5.74) is 0.341. The monoisotopic (exact) mass is 290 g/mol. The Balaban J connectivity index is 2.37. The molecule has 1 N–H and O–H groups in total. The second kappa shape index (κ2) is 5.74. The van der Waals surface area contributed by atoms with E-state index in [0.717, 1.165) is 0 Å². The number of pyridine rings is 1. The maximum absolute atomic E-state index is 10.8. The molecule has 0 fully saturated rings. The van der Waals surface area contributed by atoms with Crippen molar-refractivity contribution in [2.45, 2.75) is 9.79 Å². The quantitative estimate of drug-likeness (QED) is 0.937. The van der Waals surface area contributed by atoms with Crippen LogP contribution >= 0.6 is 23.4 Å². The Labute approximate surface area is 118 Å². The standard InChI is InChI=1S/C13H7ClN2O2S/c14-10-2-1-3-12(9(10)7-15)19-8-4-5-16-11(6-8)13(17)18/h1-6H,(H,17,18). The van der Waals surface area contributed by atoms with Gasteiger partial charge < -0.3 is 5.11 Å². The van der Waals surface area contributed by atoms with Crippen molar-refractivity contribution in [3.63, 3.8) is 0 Å². The van der Waals surface area contributed by atoms with Gasteiger partial charge in [0.1, 0.15) is 11.8 Å². The van der Waals surface area contributed by atoms with Crippen LogP contribution in [0.3, 0.4) is 0 Å². The van der Waals surface area contributed by atoms with Gasteiger partial charge >= 0.3 is 5.97 Å². The minimum absolute atomic E-state index is 0.0365. The van der Waals surface area contributed by atoms with Gasteiger partial charge in [0, 0.05) is 16.0 Å². The summed E-state index contributed by atoms with van der Waals surface area (Å²) in [7, 11) is 0. The van der Waals surface area contributed by atoms with Crippen LogP contribution in [0.4, 0.5) is 0 Å². The van der Waals surface area contributed by atoms with Gasteiger partial charge in [0.05, 0.1) is 10.6 Å². The molecule has 1 aromatic carbocycles. The molecule has 0 unspecified atom stereocenters. The summed E-state index contributed by atoms with van der Waals surface area (Å²) >= 11 is 7.21. The summed E-state index contributed by atoms with van der Waals surface area (Å²) in [5.74, 6) is -1.09. The zero-order chi connectivity index (χ0) is 13.8. The third-order valence-corrected chi connectivity index (χ3v) is 3.63. The van der Waals surface area contributed by atoms with Gasteiger partial charge in [-0.15, -0.1) is 0 Å². The van der Waals surface area contributed by atoms with Crippen LogP contribution in [-0.2, 0) is 0 Å². The zero-order valence-corrected chi connectivity index (χ0v) is 11.1. The smallest absolute Gasteiger partial charge is 0.354 e. The molecule has 0 amide bonds. The summed E-state index contributed by atoms with van der Waals surface area (Å²) < 4.78 is 0. The van der Waals surface area contributed by atoms with Gasteiger partial charge in [0.25, 0.3) is 0 Å². The van der Waals surface area contributed by atoms with Crippen LogP contribution < -0.4 is 0 Å². The van der Waals surface area contributed by atoms with Crippen LogP contribution in [0.15, 0.2) is 46.3 Å². The third-order valence-electron chi connectivity index (χ3n) is 2.27. The number of aromatic carboxylic acids is 1. The van der Waals surface area contributed by atoms with Crippen molar-refractivity contribution in [2.75, 3.05) is 0 Å². The SMILES string of the molecule is N#Cc1c(Cl)cccc1Sc1ccnc(C(=O)O)c1. The van der Waals surface area contributed by atoms with Gasteiger partial charge in [-0.3, -0.25) is 0 Å². The van der Waals surface area contributed by atoms with Gasteiger partial charge in [-0.05, 0) is 24.3 Å². The molecule has 0 aliphatic rings. The summed E-state index contributed by atoms with van der Waals surface area (Å²) in [6, 6.07) is 10.3. The molecule has 0 saturated carbocycles. The van der Waals surface area contributed by atoms with Crippen LogP contribution in [-0.4, -0.2) is 16.1 Å². The Hall–Kier alpha value is -2.03. The topological polar surface area (TPSA) is 74.0 Å². The molecule has 94 valence electrons. The Morgan fingerprint density at radius 3 is 2.89 bits per heavy atom. The normalized spacial score (nSPS) is 9.89. The molecule has 0 bridgehead atoms. The Bertz CT molecular complexity index is 683. The molecule has 2 aromatic rings. The van der Waals surface area contributed by atoms with Crippen LogP contribution in [0.25, 0.3) is 0 Å². The van der Waals surface area contributed by atoms with Crippen LogP contribution in [0.5, 0.6) is 0 Å². The lowest BCUT2D eigenvalue weighted by atomic mass is 10.2. The fraction of sp³-hybridized carbons (Fsp3) is 0. The van der Waals surface area contributed by atoms with Crippen LogP contribution in [0.1, 0.15) is 16.1 Å². The summed E-state index contributed by atoms with van der Waals surface area (Å²) in [6.45, 7) is 0. The third kappa shape index (κ3) is 3.05. The highest BCUT2D eigenvalue weighted by atomic mass is 35.5. The van der Waals surface area contributed by atoms with E-state index in [2.05, 4.69) is 4.98 Å². The average molecular weight is 291 g/mol. The zero-order valence-electron chi connectivity index (χ0n) is 9.50. The van der Waals surface area contributed by atoms with E-state index in [4.69, 9.17) is 22.0 Å². The first-order valence-corrected chi connectivity index (χ1v) is 6.37. The Morgan fingerprint density at radius 2 is 2.21 bits per heavy atom. The van der Waals surface area contributed by atoms with Gasteiger partial charge in [0.2, 0.25) is 0 Å². The minimum Gasteiger partial charge on any atom is -0.477 e. The molecular formula is C13H7ClN2O2S. The van der Waals surface area contributed by atoms with Crippen molar-refractivity contribution in [1.82, 2.24) is 4.98 Å². The number of hydrogen-bond acceptors (Lipinski definition) is 4. The van der Waals surface area contributed by atoms with Gasteiger partial charge in [-0.25, -0.2) is 9.78 Å². The van der Waals surface area contributed by atoms with Crippen molar-refractivity contribution in [2.24, 2.45) is 0 Å². The number of carboxylic acid groups (broad SMARTS) is 1. The van der Waals surface area contributed by atoms with E-state index in [1.54, 1.807) is 24.3 Å². The number of hydrogen-bond donors (Lipinski definition) is 1. The second-order valence-electron chi connectivity index (χ2n) is 3.51. The molecule has 4 nitrogen and oxygen atoms in total. The van der Waals surface area contributed by atoms with Crippen molar-refractivity contribution < 1.29 is 9.90 Å². The van der Waals surface area contributed by atoms with E-state index >= 15 is 0 Å². The molecule has 1 aromatic heterocycles. The molecule has 0 aliphatic heterocycles. The van der Waals surface area contributed by atoms with Crippen LogP contribution in [0, 0.1) is 11.3 Å². The first kappa shape index (κ1) is 13.4. The predicted octanol–water partition coefficient (Wildman–Crippen LogP) is 3.46. The van der Waals surface area contributed by atoms with Crippen molar-refractivity contribution >= 4 is 29.3 Å². The maximum atomic E-state index is 10.8. The fourth-order valence-corrected chi connectivity index (χ4v) is 2.65. The Kier molecular flexibility index (Phi) is 4.05. The average Bonchev–Trinajstić information content (AvgIpc) is 2.39. The van der Waals surface area contributed by atoms with E-state index < -0.39 is 5.97 Å². The maximum Gasteiger partial charge on any atom is 0.354 e. The number of nitrogens with zero attached hydrogens (tertiary/aromatic N) is 2. The van der Waals surface area contributed by atoms with Crippen LogP contribution in [0.2, 0.25) is 5.02 Å². The molecular weight excluding hydrogens is 284 g/mol. The molecule has 6 heteroatoms. The molecule has 0 spiro atoms. The number of carbonyl (C=O) groups is 1. The largest absolute Gasteiger partial charge is 0.477 e. The molecule has 1 heterocycles. The van der Waals surface area contributed by atoms with E-state index in [-0.39, 0.29) is 5.69 Å². The lowest BCUT2D eigenvalue weighted by Crippen LogP contribution is -1.99. The lowest BCUT2D eigenvalue weighted by molar-refractivity contribution is 0.0690. The molecule has 0 saturated heterocycles. The summed E-state index contributed by atoms with van der Waals surface area (Å²) in [4.78, 5) is 15.9. The highest BCUT2D eigenvalue weighted by Crippen LogP contribution is 2.33. The fourth-order valence-electron chi connectivity index (χ4n) is 1.42. The number of aromatic nitrogens is 1. The minimum atomic E-state index is -1.09. The van der Waals surface area contributed by atoms with E-state index in [1.165, 1.54) is 24.0 Å². The van der Waals surface area contributed by atoms with Gasteiger partial charge in [0.15, 0.2) is 0 Å². The second-order valence-corrected chi connectivity index (χ2v) is 5.03. The van der Waals surface area contributed by atoms with E-state index in [0.29, 0.717) is 20.4 Å². The Morgan fingerprint density at radius 1 is 1.42 bits per heavy atom. The first-order chi connectivity index (χ1) is 9.11. The number of halogens is 1.